The molecule has 0 saturated carbocycles. The minimum Gasteiger partial charge on any atom is -0.357 e. The van der Waals surface area contributed by atoms with Crippen LogP contribution in [0.25, 0.3) is 10.2 Å². The average Bonchev–Trinajstić information content (AvgIpc) is 2.91. The smallest absolute Gasteiger partial charge is 0.191 e. The van der Waals surface area contributed by atoms with Gasteiger partial charge in [0.1, 0.15) is 0 Å². The topological polar surface area (TPSA) is 49.3 Å². The molecule has 2 N–H and O–H groups in total. The number of benzene rings is 1. The van der Waals surface area contributed by atoms with Crippen LogP contribution in [0.5, 0.6) is 0 Å². The monoisotopic (exact) mass is 432 g/mol. The highest BCUT2D eigenvalue weighted by molar-refractivity contribution is 14.0. The number of aliphatic imine (C=N–C) groups is 1. The van der Waals surface area contributed by atoms with Crippen LogP contribution in [0.4, 0.5) is 0 Å². The fraction of sp³-hybridized carbons (Fsp3) is 0.500. The number of hydrogen-bond acceptors (Lipinski definition) is 3. The van der Waals surface area contributed by atoms with Crippen molar-refractivity contribution in [3.05, 3.63) is 29.3 Å². The molecule has 22 heavy (non-hydrogen) atoms. The molecule has 2 rings (SSSR count). The molecule has 0 bridgehead atoms. The number of fused-ring (bicyclic) bond motifs is 1. The third-order valence-corrected chi connectivity index (χ3v) is 4.13. The van der Waals surface area contributed by atoms with Gasteiger partial charge in [0.2, 0.25) is 0 Å². The molecular formula is C16H25IN4S. The van der Waals surface area contributed by atoms with Gasteiger partial charge in [-0.1, -0.05) is 19.1 Å². The fourth-order valence-corrected chi connectivity index (χ4v) is 3.05. The number of aryl methyl sites for hydroxylation is 1. The van der Waals surface area contributed by atoms with Gasteiger partial charge in [-0.05, 0) is 31.9 Å². The Morgan fingerprint density at radius 3 is 2.77 bits per heavy atom. The van der Waals surface area contributed by atoms with Gasteiger partial charge in [0.25, 0.3) is 0 Å². The van der Waals surface area contributed by atoms with E-state index in [1.54, 1.807) is 11.3 Å². The largest absolute Gasteiger partial charge is 0.357 e. The molecular weight excluding hydrogens is 407 g/mol. The van der Waals surface area contributed by atoms with Gasteiger partial charge in [-0.25, -0.2) is 4.98 Å². The zero-order chi connectivity index (χ0) is 14.9. The molecule has 0 atom stereocenters. The van der Waals surface area contributed by atoms with E-state index in [1.165, 1.54) is 9.71 Å². The summed E-state index contributed by atoms with van der Waals surface area (Å²) in [6.45, 7) is 6.91. The van der Waals surface area contributed by atoms with Gasteiger partial charge in [0.15, 0.2) is 5.96 Å². The summed E-state index contributed by atoms with van der Waals surface area (Å²) in [5, 5.41) is 7.85. The summed E-state index contributed by atoms with van der Waals surface area (Å²) in [7, 11) is 0. The Morgan fingerprint density at radius 2 is 2.05 bits per heavy atom. The number of hydrogen-bond donors (Lipinski definition) is 2. The summed E-state index contributed by atoms with van der Waals surface area (Å²) in [6, 6.07) is 8.32. The van der Waals surface area contributed by atoms with Crippen LogP contribution in [0, 0.1) is 0 Å². The molecule has 0 aliphatic rings. The molecule has 0 spiro atoms. The molecule has 122 valence electrons. The van der Waals surface area contributed by atoms with E-state index in [-0.39, 0.29) is 24.0 Å². The molecule has 1 aromatic heterocycles. The molecule has 1 heterocycles. The van der Waals surface area contributed by atoms with Crippen molar-refractivity contribution in [2.24, 2.45) is 4.99 Å². The first-order chi connectivity index (χ1) is 10.3. The Morgan fingerprint density at radius 1 is 1.23 bits per heavy atom. The Hall–Kier alpha value is -0.890. The highest BCUT2D eigenvalue weighted by atomic mass is 127. The lowest BCUT2D eigenvalue weighted by molar-refractivity contribution is 0.740. The summed E-state index contributed by atoms with van der Waals surface area (Å²) in [5.41, 5.74) is 1.11. The molecule has 4 nitrogen and oxygen atoms in total. The number of thiazole rings is 1. The predicted octanol–water partition coefficient (Wildman–Crippen LogP) is 3.81. The lowest BCUT2D eigenvalue weighted by Crippen LogP contribution is -2.38. The van der Waals surface area contributed by atoms with Gasteiger partial charge in [-0.15, -0.1) is 35.3 Å². The Labute approximate surface area is 153 Å². The van der Waals surface area contributed by atoms with Crippen LogP contribution in [0.2, 0.25) is 0 Å². The van der Waals surface area contributed by atoms with Gasteiger partial charge in [-0.2, -0.15) is 0 Å². The fourth-order valence-electron chi connectivity index (χ4n) is 2.04. The number of halogens is 1. The number of aromatic nitrogens is 1. The minimum absolute atomic E-state index is 0. The van der Waals surface area contributed by atoms with E-state index in [4.69, 9.17) is 0 Å². The quantitative estimate of drug-likeness (QED) is 0.303. The Kier molecular flexibility index (Phi) is 9.38. The van der Waals surface area contributed by atoms with Gasteiger partial charge >= 0.3 is 0 Å². The highest BCUT2D eigenvalue weighted by Crippen LogP contribution is 2.22. The third-order valence-electron chi connectivity index (χ3n) is 3.04. The van der Waals surface area contributed by atoms with Crippen molar-refractivity contribution in [3.63, 3.8) is 0 Å². The Balaban J connectivity index is 0.00000242. The maximum Gasteiger partial charge on any atom is 0.191 e. The minimum atomic E-state index is 0. The maximum atomic E-state index is 4.66. The van der Waals surface area contributed by atoms with E-state index in [2.05, 4.69) is 52.7 Å². The van der Waals surface area contributed by atoms with E-state index in [9.17, 15) is 0 Å². The van der Waals surface area contributed by atoms with Crippen LogP contribution in [0.3, 0.4) is 0 Å². The summed E-state index contributed by atoms with van der Waals surface area (Å²) in [4.78, 5) is 9.15. The van der Waals surface area contributed by atoms with Crippen molar-refractivity contribution in [1.29, 1.82) is 0 Å². The second kappa shape index (κ2) is 10.8. The number of para-hydroxylation sites is 1. The summed E-state index contributed by atoms with van der Waals surface area (Å²) in [5.74, 6) is 0.920. The zero-order valence-electron chi connectivity index (χ0n) is 13.3. The standard InChI is InChI=1S/C16H24N4S.HI/c1-3-11-18-16(17-4-2)19-12-7-10-15-20-13-8-5-6-9-14(13)21-15;/h5-6,8-9H,3-4,7,10-12H2,1-2H3,(H2,17,18,19);1H. The molecule has 0 fully saturated rings. The van der Waals surface area contributed by atoms with E-state index in [0.29, 0.717) is 0 Å². The van der Waals surface area contributed by atoms with Crippen LogP contribution in [-0.4, -0.2) is 30.6 Å². The van der Waals surface area contributed by atoms with Crippen molar-refractivity contribution in [3.8, 4) is 0 Å². The molecule has 0 unspecified atom stereocenters. The van der Waals surface area contributed by atoms with E-state index in [1.807, 2.05) is 6.07 Å². The van der Waals surface area contributed by atoms with Crippen LogP contribution < -0.4 is 10.6 Å². The molecule has 0 amide bonds. The third kappa shape index (κ3) is 6.08. The van der Waals surface area contributed by atoms with Crippen LogP contribution >= 0.6 is 35.3 Å². The van der Waals surface area contributed by atoms with Gasteiger partial charge in [0.05, 0.1) is 15.2 Å². The number of nitrogens with one attached hydrogen (secondary N) is 2. The van der Waals surface area contributed by atoms with Crippen molar-refractivity contribution in [1.82, 2.24) is 15.6 Å². The Bertz CT molecular complexity index is 549. The molecule has 2 aromatic rings. The summed E-state index contributed by atoms with van der Waals surface area (Å²) >= 11 is 1.80. The van der Waals surface area contributed by atoms with Gasteiger partial charge in [0, 0.05) is 26.1 Å². The molecule has 6 heteroatoms. The van der Waals surface area contributed by atoms with Crippen molar-refractivity contribution >= 4 is 51.5 Å². The second-order valence-electron chi connectivity index (χ2n) is 4.87. The molecule has 0 aliphatic heterocycles. The van der Waals surface area contributed by atoms with E-state index in [0.717, 1.165) is 50.4 Å². The first-order valence-corrected chi connectivity index (χ1v) is 8.51. The predicted molar refractivity (Wildman–Crippen MR) is 108 cm³/mol. The first-order valence-electron chi connectivity index (χ1n) is 7.70. The van der Waals surface area contributed by atoms with Crippen LogP contribution in [0.15, 0.2) is 29.3 Å². The molecule has 0 saturated heterocycles. The maximum absolute atomic E-state index is 4.66. The zero-order valence-corrected chi connectivity index (χ0v) is 16.4. The van der Waals surface area contributed by atoms with Crippen molar-refractivity contribution < 1.29 is 0 Å². The lowest BCUT2D eigenvalue weighted by Gasteiger charge is -2.10. The summed E-state index contributed by atoms with van der Waals surface area (Å²) in [6.07, 6.45) is 3.15. The van der Waals surface area contributed by atoms with E-state index >= 15 is 0 Å². The van der Waals surface area contributed by atoms with Crippen molar-refractivity contribution in [2.75, 3.05) is 19.6 Å². The second-order valence-corrected chi connectivity index (χ2v) is 5.98. The highest BCUT2D eigenvalue weighted by Gasteiger charge is 2.03. The molecule has 0 radical (unpaired) electrons. The first kappa shape index (κ1) is 19.2. The number of rotatable bonds is 7. The average molecular weight is 432 g/mol. The van der Waals surface area contributed by atoms with Crippen molar-refractivity contribution in [2.45, 2.75) is 33.1 Å². The lowest BCUT2D eigenvalue weighted by atomic mass is 10.3. The van der Waals surface area contributed by atoms with Gasteiger partial charge in [-0.3, -0.25) is 4.99 Å². The SMILES string of the molecule is CCCN=C(NCC)NCCCc1nc2ccccc2s1.I. The molecule has 0 aliphatic carbocycles. The molecule has 1 aromatic carbocycles. The number of nitrogens with zero attached hydrogens (tertiary/aromatic N) is 2. The van der Waals surface area contributed by atoms with Crippen LogP contribution in [-0.2, 0) is 6.42 Å². The number of guanidine groups is 1. The summed E-state index contributed by atoms with van der Waals surface area (Å²) < 4.78 is 1.28. The van der Waals surface area contributed by atoms with Crippen LogP contribution in [0.1, 0.15) is 31.7 Å². The van der Waals surface area contributed by atoms with E-state index < -0.39 is 0 Å². The normalized spacial score (nSPS) is 11.3. The van der Waals surface area contributed by atoms with Gasteiger partial charge < -0.3 is 10.6 Å².